The lowest BCUT2D eigenvalue weighted by molar-refractivity contribution is 0.0546. The van der Waals surface area contributed by atoms with E-state index in [2.05, 4.69) is 48.0 Å². The maximum atomic E-state index is 14.0. The maximum Gasteiger partial charge on any atom is 0.256 e. The van der Waals surface area contributed by atoms with E-state index >= 15 is 0 Å². The number of aryl methyl sites for hydroxylation is 2. The van der Waals surface area contributed by atoms with Crippen molar-refractivity contribution in [2.24, 2.45) is 5.92 Å². The molecule has 43 heavy (non-hydrogen) atoms. The highest BCUT2D eigenvalue weighted by atomic mass is 19.1. The molecule has 1 N–H and O–H groups in total. The molecule has 1 aliphatic rings. The van der Waals surface area contributed by atoms with Gasteiger partial charge in [0.2, 0.25) is 0 Å². The fourth-order valence-electron chi connectivity index (χ4n) is 5.75. The average Bonchev–Trinajstić information content (AvgIpc) is 3.01. The molecule has 4 rings (SSSR count). The number of hydrogen-bond acceptors (Lipinski definition) is 3. The number of nitrogens with one attached hydrogen (secondary N) is 1. The molecule has 6 heteroatoms. The van der Waals surface area contributed by atoms with Crippen molar-refractivity contribution in [3.05, 3.63) is 100 Å². The fourth-order valence-corrected chi connectivity index (χ4v) is 5.75. The molecule has 3 aromatic rings. The Bertz CT molecular complexity index is 1340. The first-order valence-corrected chi connectivity index (χ1v) is 16.0. The summed E-state index contributed by atoms with van der Waals surface area (Å²) >= 11 is 0. The van der Waals surface area contributed by atoms with Gasteiger partial charge >= 0.3 is 0 Å². The van der Waals surface area contributed by atoms with Gasteiger partial charge in [0.05, 0.1) is 0 Å². The molecule has 0 aromatic heterocycles. The number of carbonyl (C=O) groups excluding carboxylic acids is 2. The zero-order valence-corrected chi connectivity index (χ0v) is 26.4. The Morgan fingerprint density at radius 1 is 0.977 bits per heavy atom. The zero-order chi connectivity index (χ0) is 30.8. The van der Waals surface area contributed by atoms with Crippen LogP contribution >= 0.6 is 0 Å². The van der Waals surface area contributed by atoms with Gasteiger partial charge in [0.1, 0.15) is 5.82 Å². The van der Waals surface area contributed by atoms with E-state index < -0.39 is 5.82 Å². The average molecular weight is 588 g/mol. The molecule has 0 radical (unpaired) electrons. The van der Waals surface area contributed by atoms with E-state index in [1.54, 1.807) is 13.0 Å². The highest BCUT2D eigenvalue weighted by molar-refractivity contribution is 6.05. The van der Waals surface area contributed by atoms with Crippen molar-refractivity contribution in [2.75, 3.05) is 25.0 Å². The van der Waals surface area contributed by atoms with Crippen molar-refractivity contribution in [3.8, 4) is 0 Å². The molecule has 0 unspecified atom stereocenters. The van der Waals surface area contributed by atoms with E-state index in [4.69, 9.17) is 0 Å². The van der Waals surface area contributed by atoms with Gasteiger partial charge < -0.3 is 15.1 Å². The molecule has 1 fully saturated rings. The summed E-state index contributed by atoms with van der Waals surface area (Å²) in [6, 6.07) is 20.2. The number of benzene rings is 3. The summed E-state index contributed by atoms with van der Waals surface area (Å²) < 4.78 is 13.7. The number of piperidine rings is 1. The Hall–Kier alpha value is -3.51. The van der Waals surface area contributed by atoms with Crippen LogP contribution in [0.3, 0.4) is 0 Å². The Labute approximate surface area is 259 Å². The van der Waals surface area contributed by atoms with Crippen LogP contribution in [0.15, 0.2) is 66.7 Å². The van der Waals surface area contributed by atoms with Gasteiger partial charge in [-0.15, -0.1) is 0 Å². The number of anilines is 1. The number of halogens is 1. The molecule has 1 aliphatic heterocycles. The SMILES string of the molecule is CCCCCc1ccc(C(=O)N(Cc2ccc(NC(=O)c3cc(F)ccc3C)cc2)C2CCN(CCC(C)C)CC2)cc1.[HH]. The Balaban J connectivity index is 0.00000529. The Morgan fingerprint density at radius 3 is 2.30 bits per heavy atom. The molecule has 0 aliphatic carbocycles. The molecule has 3 aromatic carbocycles. The smallest absolute Gasteiger partial charge is 0.256 e. The predicted octanol–water partition coefficient (Wildman–Crippen LogP) is 8.52. The molecule has 1 heterocycles. The highest BCUT2D eigenvalue weighted by Crippen LogP contribution is 2.24. The van der Waals surface area contributed by atoms with Crippen LogP contribution in [-0.4, -0.2) is 47.3 Å². The van der Waals surface area contributed by atoms with Crippen LogP contribution in [0.4, 0.5) is 10.1 Å². The van der Waals surface area contributed by atoms with Crippen molar-refractivity contribution in [1.29, 1.82) is 0 Å². The van der Waals surface area contributed by atoms with Crippen LogP contribution in [0.5, 0.6) is 0 Å². The van der Waals surface area contributed by atoms with Crippen LogP contribution in [0.1, 0.15) is 98.1 Å². The van der Waals surface area contributed by atoms with Crippen LogP contribution in [0.25, 0.3) is 0 Å². The molecule has 2 amide bonds. The summed E-state index contributed by atoms with van der Waals surface area (Å²) in [4.78, 5) is 31.3. The van der Waals surface area contributed by atoms with Crippen LogP contribution in [-0.2, 0) is 13.0 Å². The van der Waals surface area contributed by atoms with E-state index in [1.165, 1.54) is 43.4 Å². The summed E-state index contributed by atoms with van der Waals surface area (Å²) in [6.07, 6.45) is 7.74. The lowest BCUT2D eigenvalue weighted by Gasteiger charge is -2.39. The van der Waals surface area contributed by atoms with Crippen molar-refractivity contribution in [1.82, 2.24) is 9.80 Å². The van der Waals surface area contributed by atoms with Crippen molar-refractivity contribution in [2.45, 2.75) is 85.2 Å². The molecular formula is C37H50FN3O2. The van der Waals surface area contributed by atoms with Crippen molar-refractivity contribution < 1.29 is 15.4 Å². The van der Waals surface area contributed by atoms with Crippen LogP contribution in [0.2, 0.25) is 0 Å². The van der Waals surface area contributed by atoms with Crippen molar-refractivity contribution >= 4 is 17.5 Å². The third-order valence-corrected chi connectivity index (χ3v) is 8.56. The summed E-state index contributed by atoms with van der Waals surface area (Å²) in [5.41, 5.74) is 4.68. The molecule has 0 atom stereocenters. The quantitative estimate of drug-likeness (QED) is 0.204. The Morgan fingerprint density at radius 2 is 1.65 bits per heavy atom. The van der Waals surface area contributed by atoms with E-state index in [9.17, 15) is 14.0 Å². The van der Waals surface area contributed by atoms with Crippen LogP contribution < -0.4 is 5.32 Å². The molecular weight excluding hydrogens is 537 g/mol. The first-order chi connectivity index (χ1) is 20.7. The number of rotatable bonds is 13. The minimum atomic E-state index is -0.437. The third kappa shape index (κ3) is 9.49. The monoisotopic (exact) mass is 587 g/mol. The van der Waals surface area contributed by atoms with E-state index in [0.717, 1.165) is 50.0 Å². The lowest BCUT2D eigenvalue weighted by Crippen LogP contribution is -2.47. The van der Waals surface area contributed by atoms with Gasteiger partial charge in [-0.05, 0) is 105 Å². The van der Waals surface area contributed by atoms with Gasteiger partial charge in [-0.3, -0.25) is 9.59 Å². The normalized spacial score (nSPS) is 14.2. The summed E-state index contributed by atoms with van der Waals surface area (Å²) in [7, 11) is 0. The van der Waals surface area contributed by atoms with Gasteiger partial charge in [0, 0.05) is 43.9 Å². The minimum absolute atomic E-state index is 0. The standard InChI is InChI=1S/C37H48FN3O2.H2/c1-5-6-7-8-29-10-14-31(15-11-29)37(43)41(34-20-23-40(24-21-34)22-19-27(2)3)26-30-12-17-33(18-13-30)39-36(42)35-25-32(38)16-9-28(35)4;/h9-18,25,27,34H,5-8,19-24,26H2,1-4H3,(H,39,42);1H. The fraction of sp³-hybridized carbons (Fsp3) is 0.459. The Kier molecular flexibility index (Phi) is 11.9. The molecule has 0 saturated carbocycles. The van der Waals surface area contributed by atoms with Crippen LogP contribution in [0, 0.1) is 18.7 Å². The first-order valence-electron chi connectivity index (χ1n) is 16.0. The number of carbonyl (C=O) groups is 2. The summed E-state index contributed by atoms with van der Waals surface area (Å²) in [6.45, 7) is 12.2. The number of nitrogens with zero attached hydrogens (tertiary/aromatic N) is 2. The van der Waals surface area contributed by atoms with Gasteiger partial charge in [-0.1, -0.05) is 63.9 Å². The topological polar surface area (TPSA) is 52.7 Å². The number of hydrogen-bond donors (Lipinski definition) is 1. The second-order valence-electron chi connectivity index (χ2n) is 12.5. The molecule has 5 nitrogen and oxygen atoms in total. The third-order valence-electron chi connectivity index (χ3n) is 8.56. The van der Waals surface area contributed by atoms with Gasteiger partial charge in [0.15, 0.2) is 0 Å². The number of unbranched alkanes of at least 4 members (excludes halogenated alkanes) is 2. The lowest BCUT2D eigenvalue weighted by atomic mass is 9.99. The molecule has 0 bridgehead atoms. The van der Waals surface area contributed by atoms with Gasteiger partial charge in [-0.25, -0.2) is 4.39 Å². The molecule has 1 saturated heterocycles. The van der Waals surface area contributed by atoms with Crippen molar-refractivity contribution in [3.63, 3.8) is 0 Å². The van der Waals surface area contributed by atoms with Gasteiger partial charge in [-0.2, -0.15) is 0 Å². The van der Waals surface area contributed by atoms with E-state index in [0.29, 0.717) is 29.3 Å². The van der Waals surface area contributed by atoms with Gasteiger partial charge in [0.25, 0.3) is 11.8 Å². The zero-order valence-electron chi connectivity index (χ0n) is 26.4. The van der Waals surface area contributed by atoms with E-state index in [1.807, 2.05) is 36.4 Å². The molecule has 0 spiro atoms. The predicted molar refractivity (Wildman–Crippen MR) is 176 cm³/mol. The number of amides is 2. The maximum absolute atomic E-state index is 14.0. The minimum Gasteiger partial charge on any atom is -0.331 e. The number of likely N-dealkylation sites (tertiary alicyclic amines) is 1. The summed E-state index contributed by atoms with van der Waals surface area (Å²) in [5.74, 6) is -0.0252. The second kappa shape index (κ2) is 15.8. The van der Waals surface area contributed by atoms with E-state index in [-0.39, 0.29) is 19.3 Å². The second-order valence-corrected chi connectivity index (χ2v) is 12.5. The molecule has 232 valence electrons. The summed E-state index contributed by atoms with van der Waals surface area (Å²) in [5, 5.41) is 2.88. The first kappa shape index (κ1) is 32.4. The largest absolute Gasteiger partial charge is 0.331 e. The highest BCUT2D eigenvalue weighted by Gasteiger charge is 2.29.